The van der Waals surface area contributed by atoms with Gasteiger partial charge in [0.2, 0.25) is 0 Å². The molecule has 18 heavy (non-hydrogen) atoms. The Kier molecular flexibility index (Phi) is 2.09. The van der Waals surface area contributed by atoms with Crippen LogP contribution >= 0.6 is 0 Å². The lowest BCUT2D eigenvalue weighted by molar-refractivity contribution is -0.114. The minimum absolute atomic E-state index is 0.277. The third-order valence-electron chi connectivity index (χ3n) is 5.30. The standard InChI is InChI=1S/C17H18O/c18-16-11-17(14-8-4-5-9-15(14)17)10-13(16)12-6-2-1-3-7-12/h1-3,6-7,10,14-15H,4-5,8-9,11H2. The van der Waals surface area contributed by atoms with Crippen LogP contribution in [0.25, 0.3) is 5.57 Å². The highest BCUT2D eigenvalue weighted by Gasteiger charge is 2.65. The van der Waals surface area contributed by atoms with Crippen molar-refractivity contribution in [2.75, 3.05) is 0 Å². The van der Waals surface area contributed by atoms with Gasteiger partial charge in [0, 0.05) is 17.4 Å². The molecule has 2 atom stereocenters. The van der Waals surface area contributed by atoms with Crippen LogP contribution in [-0.2, 0) is 4.79 Å². The minimum atomic E-state index is 0.277. The van der Waals surface area contributed by atoms with Gasteiger partial charge in [0.15, 0.2) is 5.78 Å². The molecule has 92 valence electrons. The number of Topliss-reactive ketones (excluding diaryl/α,β-unsaturated/α-hetero) is 1. The van der Waals surface area contributed by atoms with Gasteiger partial charge in [-0.05, 0) is 30.2 Å². The van der Waals surface area contributed by atoms with Crippen molar-refractivity contribution in [3.05, 3.63) is 42.0 Å². The van der Waals surface area contributed by atoms with E-state index in [-0.39, 0.29) is 5.41 Å². The Labute approximate surface area is 108 Å². The molecule has 1 spiro atoms. The highest BCUT2D eigenvalue weighted by molar-refractivity contribution is 6.23. The second kappa shape index (κ2) is 3.57. The van der Waals surface area contributed by atoms with E-state index in [0.29, 0.717) is 5.78 Å². The number of rotatable bonds is 1. The van der Waals surface area contributed by atoms with Crippen LogP contribution in [-0.4, -0.2) is 5.78 Å². The summed E-state index contributed by atoms with van der Waals surface area (Å²) in [5.74, 6) is 2.00. The fourth-order valence-corrected chi connectivity index (χ4v) is 4.41. The summed E-state index contributed by atoms with van der Waals surface area (Å²) < 4.78 is 0. The maximum absolute atomic E-state index is 12.3. The van der Waals surface area contributed by atoms with Crippen LogP contribution in [0.1, 0.15) is 37.7 Å². The second-order valence-corrected chi connectivity index (χ2v) is 6.13. The lowest BCUT2D eigenvalue weighted by Gasteiger charge is -2.04. The van der Waals surface area contributed by atoms with E-state index in [1.165, 1.54) is 25.7 Å². The Morgan fingerprint density at radius 2 is 1.67 bits per heavy atom. The predicted octanol–water partition coefficient (Wildman–Crippen LogP) is 3.85. The lowest BCUT2D eigenvalue weighted by Crippen LogP contribution is -2.01. The molecule has 1 nitrogen and oxygen atoms in total. The summed E-state index contributed by atoms with van der Waals surface area (Å²) in [5, 5.41) is 0. The highest BCUT2D eigenvalue weighted by Crippen LogP contribution is 2.71. The maximum Gasteiger partial charge on any atom is 0.164 e. The summed E-state index contributed by atoms with van der Waals surface area (Å²) >= 11 is 0. The number of carbonyl (C=O) groups excluding carboxylic acids is 1. The maximum atomic E-state index is 12.3. The van der Waals surface area contributed by atoms with E-state index in [1.54, 1.807) is 0 Å². The van der Waals surface area contributed by atoms with Crippen LogP contribution in [0.4, 0.5) is 0 Å². The minimum Gasteiger partial charge on any atom is -0.294 e. The SMILES string of the molecule is O=C1CC2(C=C1c1ccccc1)C1CCCCC12. The van der Waals surface area contributed by atoms with Crippen LogP contribution in [0.15, 0.2) is 36.4 Å². The molecule has 3 aliphatic carbocycles. The van der Waals surface area contributed by atoms with Gasteiger partial charge in [-0.15, -0.1) is 0 Å². The molecule has 1 heteroatoms. The Morgan fingerprint density at radius 3 is 2.33 bits per heavy atom. The first-order valence-corrected chi connectivity index (χ1v) is 7.13. The molecule has 2 unspecified atom stereocenters. The third-order valence-corrected chi connectivity index (χ3v) is 5.30. The monoisotopic (exact) mass is 238 g/mol. The van der Waals surface area contributed by atoms with Gasteiger partial charge in [0.05, 0.1) is 0 Å². The summed E-state index contributed by atoms with van der Waals surface area (Å²) in [6, 6.07) is 10.2. The van der Waals surface area contributed by atoms with Gasteiger partial charge in [0.25, 0.3) is 0 Å². The number of hydrogen-bond acceptors (Lipinski definition) is 1. The van der Waals surface area contributed by atoms with Crippen LogP contribution in [0, 0.1) is 17.3 Å². The van der Waals surface area contributed by atoms with E-state index < -0.39 is 0 Å². The largest absolute Gasteiger partial charge is 0.294 e. The van der Waals surface area contributed by atoms with Crippen molar-refractivity contribution < 1.29 is 4.79 Å². The zero-order valence-electron chi connectivity index (χ0n) is 10.6. The summed E-state index contributed by atoms with van der Waals surface area (Å²) in [7, 11) is 0. The first-order chi connectivity index (χ1) is 8.81. The summed E-state index contributed by atoms with van der Waals surface area (Å²) in [6.07, 6.45) is 8.54. The number of allylic oxidation sites excluding steroid dienone is 2. The molecule has 2 fully saturated rings. The van der Waals surface area contributed by atoms with E-state index in [4.69, 9.17) is 0 Å². The fraction of sp³-hybridized carbons (Fsp3) is 0.471. The first-order valence-electron chi connectivity index (χ1n) is 7.13. The van der Waals surface area contributed by atoms with Crippen molar-refractivity contribution in [3.8, 4) is 0 Å². The van der Waals surface area contributed by atoms with Crippen molar-refractivity contribution in [2.45, 2.75) is 32.1 Å². The zero-order valence-corrected chi connectivity index (χ0v) is 10.6. The Bertz CT molecular complexity index is 514. The normalized spacial score (nSPS) is 37.6. The average Bonchev–Trinajstić information content (AvgIpc) is 2.88. The smallest absolute Gasteiger partial charge is 0.164 e. The van der Waals surface area contributed by atoms with Gasteiger partial charge in [-0.1, -0.05) is 49.2 Å². The van der Waals surface area contributed by atoms with Crippen LogP contribution < -0.4 is 0 Å². The Hall–Kier alpha value is -1.37. The van der Waals surface area contributed by atoms with E-state index in [1.807, 2.05) is 18.2 Å². The van der Waals surface area contributed by atoms with Crippen molar-refractivity contribution in [1.29, 1.82) is 0 Å². The molecule has 0 bridgehead atoms. The van der Waals surface area contributed by atoms with E-state index >= 15 is 0 Å². The molecule has 4 rings (SSSR count). The van der Waals surface area contributed by atoms with E-state index in [9.17, 15) is 4.79 Å². The third kappa shape index (κ3) is 1.31. The van der Waals surface area contributed by atoms with Gasteiger partial charge >= 0.3 is 0 Å². The van der Waals surface area contributed by atoms with Crippen LogP contribution in [0.5, 0.6) is 0 Å². The van der Waals surface area contributed by atoms with Gasteiger partial charge in [-0.2, -0.15) is 0 Å². The zero-order chi connectivity index (χ0) is 12.2. The summed E-state index contributed by atoms with van der Waals surface area (Å²) in [6.45, 7) is 0. The Morgan fingerprint density at radius 1 is 1.00 bits per heavy atom. The average molecular weight is 238 g/mol. The molecule has 0 radical (unpaired) electrons. The van der Waals surface area contributed by atoms with Crippen molar-refractivity contribution >= 4 is 11.4 Å². The molecule has 3 aliphatic rings. The van der Waals surface area contributed by atoms with Crippen LogP contribution in [0.2, 0.25) is 0 Å². The van der Waals surface area contributed by atoms with E-state index in [2.05, 4.69) is 18.2 Å². The number of ketones is 1. The van der Waals surface area contributed by atoms with Gasteiger partial charge in [-0.25, -0.2) is 0 Å². The lowest BCUT2D eigenvalue weighted by atomic mass is 10.0. The summed E-state index contributed by atoms with van der Waals surface area (Å²) in [4.78, 5) is 12.3. The molecule has 0 amide bonds. The molecule has 0 heterocycles. The quantitative estimate of drug-likeness (QED) is 0.726. The number of hydrogen-bond donors (Lipinski definition) is 0. The van der Waals surface area contributed by atoms with Gasteiger partial charge in [0.1, 0.15) is 0 Å². The van der Waals surface area contributed by atoms with Gasteiger partial charge < -0.3 is 0 Å². The molecule has 0 aromatic heterocycles. The van der Waals surface area contributed by atoms with Crippen molar-refractivity contribution in [2.24, 2.45) is 17.3 Å². The molecule has 2 saturated carbocycles. The van der Waals surface area contributed by atoms with E-state index in [0.717, 1.165) is 29.4 Å². The Balaban J connectivity index is 1.71. The second-order valence-electron chi connectivity index (χ2n) is 6.13. The van der Waals surface area contributed by atoms with Crippen molar-refractivity contribution in [3.63, 3.8) is 0 Å². The summed E-state index contributed by atoms with van der Waals surface area (Å²) in [5.41, 5.74) is 2.38. The number of benzene rings is 1. The molecule has 0 N–H and O–H groups in total. The molecular formula is C17H18O. The fourth-order valence-electron chi connectivity index (χ4n) is 4.41. The first kappa shape index (κ1) is 10.5. The highest BCUT2D eigenvalue weighted by atomic mass is 16.1. The predicted molar refractivity (Wildman–Crippen MR) is 71.9 cm³/mol. The van der Waals surface area contributed by atoms with Crippen LogP contribution in [0.3, 0.4) is 0 Å². The topological polar surface area (TPSA) is 17.1 Å². The molecule has 0 aliphatic heterocycles. The van der Waals surface area contributed by atoms with Crippen molar-refractivity contribution in [1.82, 2.24) is 0 Å². The van der Waals surface area contributed by atoms with Gasteiger partial charge in [-0.3, -0.25) is 4.79 Å². The number of carbonyl (C=O) groups is 1. The molecular weight excluding hydrogens is 220 g/mol. The molecule has 1 aromatic carbocycles. The molecule has 1 aromatic rings. The molecule has 0 saturated heterocycles. The number of fused-ring (bicyclic) bond motifs is 3.